The van der Waals surface area contributed by atoms with Gasteiger partial charge in [0.1, 0.15) is 0 Å². The van der Waals surface area contributed by atoms with Gasteiger partial charge in [0.05, 0.1) is 61.7 Å². The number of ether oxygens (including phenoxy) is 1. The molecule has 0 spiro atoms. The van der Waals surface area contributed by atoms with E-state index in [9.17, 15) is 41.3 Å². The molecule has 5 N–H and O–H groups in total. The molecule has 362 valence electrons. The number of rotatable bonds is 31. The van der Waals surface area contributed by atoms with Crippen molar-refractivity contribution in [2.75, 3.05) is 50.7 Å². The number of hydrogen-bond acceptors (Lipinski definition) is 15. The zero-order valence-corrected chi connectivity index (χ0v) is 39.7. The highest BCUT2D eigenvalue weighted by atomic mass is 32.2. The minimum Gasteiger partial charge on any atom is -0.481 e. The van der Waals surface area contributed by atoms with Gasteiger partial charge in [0.15, 0.2) is 0 Å². The Bertz CT molecular complexity index is 2390. The van der Waals surface area contributed by atoms with E-state index in [1.807, 2.05) is 38.1 Å². The molecule has 0 fully saturated rings. The van der Waals surface area contributed by atoms with Crippen LogP contribution >= 0.6 is 15.2 Å². The largest absolute Gasteiger partial charge is 0.481 e. The molecule has 2 aliphatic heterocycles. The maximum absolute atomic E-state index is 14.1. The van der Waals surface area contributed by atoms with Gasteiger partial charge in [-0.05, 0) is 100 Å². The molecule has 0 amide bonds. The normalized spacial score (nSPS) is 19.6. The molecule has 66 heavy (non-hydrogen) atoms. The second kappa shape index (κ2) is 24.3. The first-order valence-corrected chi connectivity index (χ1v) is 26.1. The van der Waals surface area contributed by atoms with Crippen LogP contribution in [0, 0.1) is 6.92 Å². The molecule has 0 saturated carbocycles. The number of hydrogen-bond donors (Lipinski definition) is 5. The minimum absolute atomic E-state index is 0.0182. The molecular formula is C44H58N2O17P2S. The first kappa shape index (κ1) is 53.8. The third-order valence-corrected chi connectivity index (χ3v) is 15.7. The van der Waals surface area contributed by atoms with Crippen molar-refractivity contribution in [3.8, 4) is 0 Å². The number of aliphatic carboxylic acids is 3. The Morgan fingerprint density at radius 3 is 1.80 bits per heavy atom. The van der Waals surface area contributed by atoms with Gasteiger partial charge in [-0.3, -0.25) is 37.9 Å². The van der Waals surface area contributed by atoms with Gasteiger partial charge >= 0.3 is 33.1 Å². The number of fused-ring (bicyclic) bond motifs is 2. The lowest BCUT2D eigenvalue weighted by Gasteiger charge is -2.29. The Morgan fingerprint density at radius 2 is 1.27 bits per heavy atom. The summed E-state index contributed by atoms with van der Waals surface area (Å²) in [6.07, 6.45) is 8.63. The Hall–Kier alpha value is -4.78. The van der Waals surface area contributed by atoms with Crippen molar-refractivity contribution in [1.82, 2.24) is 0 Å². The van der Waals surface area contributed by atoms with Crippen LogP contribution in [0.1, 0.15) is 88.3 Å². The van der Waals surface area contributed by atoms with E-state index in [2.05, 4.69) is 5.32 Å². The zero-order chi connectivity index (χ0) is 48.6. The van der Waals surface area contributed by atoms with Gasteiger partial charge in [-0.2, -0.15) is 8.42 Å². The predicted octanol–water partition coefficient (Wildman–Crippen LogP) is 8.36. The number of carbonyl (C=O) groups is 4. The minimum atomic E-state index is -4.63. The number of carboxylic acids is 3. The summed E-state index contributed by atoms with van der Waals surface area (Å²) in [6.45, 7) is 5.53. The third kappa shape index (κ3) is 15.7. The standard InChI is InChI=1S/C44H58N2O17P2S/c1-32-16-18-36-34(29-32)43(2,20-27-65(55,62-25-9-15-42(52)53)63-26-10-22-59-31-47)38(45-36)11-5-4-6-12-39-44(3,35-30-33(66(56,57)58)17-19-37(35)46-39)21-28-64(54,60-23-7-13-40(48)49)61-24-8-14-41(50)51/h4-6,11-12,16-19,29-31,45H,7-10,13-15,20-28H2,1-3H3,(H,48,49)(H,50,51)(H,52,53)(H,56,57,58). The summed E-state index contributed by atoms with van der Waals surface area (Å²) in [6, 6.07) is 9.90. The summed E-state index contributed by atoms with van der Waals surface area (Å²) in [5.41, 5.74) is 2.95. The number of anilines is 1. The van der Waals surface area contributed by atoms with Gasteiger partial charge in [-0.25, -0.2) is 0 Å². The second-order valence-electron chi connectivity index (χ2n) is 16.1. The number of nitrogens with zero attached hydrogens (tertiary/aromatic N) is 1. The van der Waals surface area contributed by atoms with Crippen LogP contribution in [0.25, 0.3) is 0 Å². The van der Waals surface area contributed by atoms with Crippen molar-refractivity contribution in [1.29, 1.82) is 0 Å². The van der Waals surface area contributed by atoms with Gasteiger partial charge in [0.25, 0.3) is 16.6 Å². The van der Waals surface area contributed by atoms with Crippen LogP contribution < -0.4 is 5.32 Å². The first-order chi connectivity index (χ1) is 31.1. The molecule has 0 aliphatic carbocycles. The van der Waals surface area contributed by atoms with Crippen LogP contribution in [-0.2, 0) is 72.1 Å². The van der Waals surface area contributed by atoms with Crippen LogP contribution in [-0.4, -0.2) is 104 Å². The van der Waals surface area contributed by atoms with E-state index in [1.54, 1.807) is 31.2 Å². The average molecular weight is 981 g/mol. The van der Waals surface area contributed by atoms with Crippen molar-refractivity contribution >= 4 is 66.8 Å². The van der Waals surface area contributed by atoms with Gasteiger partial charge < -0.3 is 43.5 Å². The van der Waals surface area contributed by atoms with Gasteiger partial charge in [0, 0.05) is 47.9 Å². The smallest absolute Gasteiger partial charge is 0.330 e. The number of allylic oxidation sites excluding steroid dienone is 6. The molecule has 2 aromatic carbocycles. The molecular weight excluding hydrogens is 922 g/mol. The molecule has 0 aromatic heterocycles. The monoisotopic (exact) mass is 980 g/mol. The maximum atomic E-state index is 14.1. The summed E-state index contributed by atoms with van der Waals surface area (Å²) in [7, 11) is -12.4. The number of aliphatic imine (C=N–C) groups is 1. The highest BCUT2D eigenvalue weighted by Crippen LogP contribution is 2.55. The quantitative estimate of drug-likeness (QED) is 0.0156. The lowest BCUT2D eigenvalue weighted by molar-refractivity contribution is -0.138. The van der Waals surface area contributed by atoms with E-state index in [0.717, 1.165) is 22.5 Å². The van der Waals surface area contributed by atoms with Crippen LogP contribution in [0.5, 0.6) is 0 Å². The molecule has 2 aromatic rings. The number of nitrogens with one attached hydrogen (secondary N) is 1. The molecule has 3 unspecified atom stereocenters. The average Bonchev–Trinajstić information content (AvgIpc) is 3.69. The van der Waals surface area contributed by atoms with Crippen molar-refractivity contribution in [2.24, 2.45) is 4.99 Å². The SMILES string of the molecule is Cc1ccc2c(c1)C(C)(CCP(=O)(OCCCOC=O)OCCCC(=O)O)C(=CC=CC=CC1=Nc3ccc(S(=O)(=O)O)cc3C1(C)CCP(=O)(OCCCC(=O)O)OCCCC(=O)O)N2. The number of carboxylic acid groups (broad SMARTS) is 3. The summed E-state index contributed by atoms with van der Waals surface area (Å²) < 4.78 is 90.0. The van der Waals surface area contributed by atoms with E-state index in [-0.39, 0.29) is 102 Å². The van der Waals surface area contributed by atoms with Gasteiger partial charge in [-0.1, -0.05) is 35.9 Å². The summed E-state index contributed by atoms with van der Waals surface area (Å²) >= 11 is 0. The van der Waals surface area contributed by atoms with E-state index in [0.29, 0.717) is 29.9 Å². The number of aryl methyl sites for hydroxylation is 1. The molecule has 0 saturated heterocycles. The van der Waals surface area contributed by atoms with E-state index in [1.165, 1.54) is 18.2 Å². The lowest BCUT2D eigenvalue weighted by atomic mass is 9.77. The molecule has 0 bridgehead atoms. The molecule has 22 heteroatoms. The summed E-state index contributed by atoms with van der Waals surface area (Å²) in [5.74, 6) is -3.17. The molecule has 2 aliphatic rings. The fourth-order valence-corrected chi connectivity index (χ4v) is 11.6. The Labute approximate surface area is 384 Å². The van der Waals surface area contributed by atoms with Gasteiger partial charge in [0.2, 0.25) is 0 Å². The van der Waals surface area contributed by atoms with Gasteiger partial charge in [-0.15, -0.1) is 0 Å². The van der Waals surface area contributed by atoms with Crippen molar-refractivity contribution in [3.05, 3.63) is 89.2 Å². The lowest BCUT2D eigenvalue weighted by Crippen LogP contribution is -2.30. The predicted molar refractivity (Wildman–Crippen MR) is 244 cm³/mol. The zero-order valence-electron chi connectivity index (χ0n) is 37.1. The topological polar surface area (TPSA) is 288 Å². The Balaban J connectivity index is 1.61. The Morgan fingerprint density at radius 1 is 0.727 bits per heavy atom. The molecule has 19 nitrogen and oxygen atoms in total. The van der Waals surface area contributed by atoms with Crippen LogP contribution in [0.15, 0.2) is 82.4 Å². The van der Waals surface area contributed by atoms with E-state index >= 15 is 0 Å². The highest BCUT2D eigenvalue weighted by molar-refractivity contribution is 7.85. The van der Waals surface area contributed by atoms with Crippen LogP contribution in [0.4, 0.5) is 11.4 Å². The van der Waals surface area contributed by atoms with Crippen molar-refractivity contribution in [2.45, 2.75) is 94.3 Å². The third-order valence-electron chi connectivity index (χ3n) is 11.0. The van der Waals surface area contributed by atoms with E-state index < -0.39 is 54.0 Å². The second-order valence-corrected chi connectivity index (χ2v) is 21.9. The van der Waals surface area contributed by atoms with Crippen molar-refractivity contribution < 1.29 is 79.4 Å². The molecule has 3 atom stereocenters. The van der Waals surface area contributed by atoms with Crippen LogP contribution in [0.2, 0.25) is 0 Å². The molecule has 4 rings (SSSR count). The highest BCUT2D eigenvalue weighted by Gasteiger charge is 2.43. The van der Waals surface area contributed by atoms with E-state index in [4.69, 9.17) is 43.1 Å². The Kier molecular flexibility index (Phi) is 19.8. The van der Waals surface area contributed by atoms with Crippen LogP contribution in [0.3, 0.4) is 0 Å². The first-order valence-electron chi connectivity index (χ1n) is 21.2. The summed E-state index contributed by atoms with van der Waals surface area (Å²) in [4.78, 5) is 48.2. The van der Waals surface area contributed by atoms with Crippen molar-refractivity contribution in [3.63, 3.8) is 0 Å². The fourth-order valence-electron chi connectivity index (χ4n) is 7.33. The molecule has 0 radical (unpaired) electrons. The molecule has 2 heterocycles. The summed E-state index contributed by atoms with van der Waals surface area (Å²) in [5, 5.41) is 30.7. The number of benzene rings is 2. The maximum Gasteiger partial charge on any atom is 0.330 e. The fraction of sp³-hybridized carbons (Fsp3) is 0.477. The number of carbonyl (C=O) groups excluding carboxylic acids is 1.